The van der Waals surface area contributed by atoms with Crippen LogP contribution in [-0.4, -0.2) is 55.1 Å². The standard InChI is InChI=1S/C14H23BrN4O2/c1-18(2)6-7-19-14(20)13(15)12(9-17-19)16-5-3-11-4-8-21-10-11/h9,11,16H,3-8,10H2,1-2H3. The van der Waals surface area contributed by atoms with Gasteiger partial charge in [-0.1, -0.05) is 0 Å². The van der Waals surface area contributed by atoms with Crippen molar-refractivity contribution >= 4 is 21.6 Å². The van der Waals surface area contributed by atoms with Gasteiger partial charge < -0.3 is 15.0 Å². The molecule has 1 fully saturated rings. The van der Waals surface area contributed by atoms with E-state index < -0.39 is 0 Å². The van der Waals surface area contributed by atoms with E-state index in [4.69, 9.17) is 4.74 Å². The van der Waals surface area contributed by atoms with Gasteiger partial charge in [0.1, 0.15) is 4.47 Å². The third kappa shape index (κ3) is 4.79. The Morgan fingerprint density at radius 2 is 2.38 bits per heavy atom. The van der Waals surface area contributed by atoms with Gasteiger partial charge in [0, 0.05) is 26.3 Å². The molecule has 0 amide bonds. The summed E-state index contributed by atoms with van der Waals surface area (Å²) in [6.07, 6.45) is 3.90. The number of hydrogen-bond acceptors (Lipinski definition) is 5. The predicted molar refractivity (Wildman–Crippen MR) is 86.8 cm³/mol. The van der Waals surface area contributed by atoms with E-state index in [1.165, 1.54) is 4.68 Å². The molecule has 1 aromatic rings. The number of halogens is 1. The molecular formula is C14H23BrN4O2. The zero-order valence-corrected chi connectivity index (χ0v) is 14.2. The number of nitrogens with zero attached hydrogens (tertiary/aromatic N) is 3. The largest absolute Gasteiger partial charge is 0.383 e. The van der Waals surface area contributed by atoms with Crippen LogP contribution in [0, 0.1) is 5.92 Å². The molecule has 0 spiro atoms. The van der Waals surface area contributed by atoms with Crippen LogP contribution in [0.25, 0.3) is 0 Å². The molecule has 0 radical (unpaired) electrons. The average Bonchev–Trinajstić information content (AvgIpc) is 2.95. The van der Waals surface area contributed by atoms with Crippen molar-refractivity contribution in [1.82, 2.24) is 14.7 Å². The summed E-state index contributed by atoms with van der Waals surface area (Å²) in [7, 11) is 3.95. The van der Waals surface area contributed by atoms with Gasteiger partial charge in [-0.15, -0.1) is 0 Å². The molecule has 0 aliphatic carbocycles. The van der Waals surface area contributed by atoms with E-state index in [2.05, 4.69) is 26.3 Å². The summed E-state index contributed by atoms with van der Waals surface area (Å²) >= 11 is 3.38. The Morgan fingerprint density at radius 1 is 1.57 bits per heavy atom. The Labute approximate surface area is 133 Å². The second kappa shape index (κ2) is 7.91. The number of nitrogens with one attached hydrogen (secondary N) is 1. The first-order valence-corrected chi connectivity index (χ1v) is 8.09. The fraction of sp³-hybridized carbons (Fsp3) is 0.714. The van der Waals surface area contributed by atoms with Crippen molar-refractivity contribution in [2.45, 2.75) is 19.4 Å². The molecule has 1 N–H and O–H groups in total. The maximum Gasteiger partial charge on any atom is 0.283 e. The number of rotatable bonds is 7. The first-order chi connectivity index (χ1) is 10.1. The quantitative estimate of drug-likeness (QED) is 0.798. The Morgan fingerprint density at radius 3 is 3.05 bits per heavy atom. The van der Waals surface area contributed by atoms with Crippen LogP contribution in [0.5, 0.6) is 0 Å². The first-order valence-electron chi connectivity index (χ1n) is 7.30. The van der Waals surface area contributed by atoms with Gasteiger partial charge in [-0.3, -0.25) is 4.79 Å². The van der Waals surface area contributed by atoms with Crippen LogP contribution < -0.4 is 10.9 Å². The highest BCUT2D eigenvalue weighted by Crippen LogP contribution is 2.19. The highest BCUT2D eigenvalue weighted by molar-refractivity contribution is 9.10. The first kappa shape index (κ1) is 16.5. The van der Waals surface area contributed by atoms with Gasteiger partial charge in [-0.25, -0.2) is 4.68 Å². The lowest BCUT2D eigenvalue weighted by Crippen LogP contribution is -2.29. The number of aromatic nitrogens is 2. The van der Waals surface area contributed by atoms with Crippen LogP contribution in [-0.2, 0) is 11.3 Å². The molecule has 2 heterocycles. The van der Waals surface area contributed by atoms with Crippen LogP contribution in [0.1, 0.15) is 12.8 Å². The van der Waals surface area contributed by atoms with E-state index in [1.807, 2.05) is 19.0 Å². The fourth-order valence-electron chi connectivity index (χ4n) is 2.26. The minimum absolute atomic E-state index is 0.0916. The molecule has 1 aliphatic heterocycles. The fourth-order valence-corrected chi connectivity index (χ4v) is 2.71. The zero-order chi connectivity index (χ0) is 15.2. The van der Waals surface area contributed by atoms with Crippen molar-refractivity contribution in [2.24, 2.45) is 5.92 Å². The number of anilines is 1. The SMILES string of the molecule is CN(C)CCn1ncc(NCCC2CCOC2)c(Br)c1=O. The number of likely N-dealkylation sites (N-methyl/N-ethyl adjacent to an activating group) is 1. The lowest BCUT2D eigenvalue weighted by atomic mass is 10.1. The molecule has 1 unspecified atom stereocenters. The van der Waals surface area contributed by atoms with E-state index >= 15 is 0 Å². The molecule has 7 heteroatoms. The van der Waals surface area contributed by atoms with Gasteiger partial charge >= 0.3 is 0 Å². The van der Waals surface area contributed by atoms with Gasteiger partial charge in [-0.2, -0.15) is 5.10 Å². The summed E-state index contributed by atoms with van der Waals surface area (Å²) in [5.41, 5.74) is 0.672. The third-order valence-electron chi connectivity index (χ3n) is 3.64. The second-order valence-corrected chi connectivity index (χ2v) is 6.44. The third-order valence-corrected chi connectivity index (χ3v) is 4.40. The second-order valence-electron chi connectivity index (χ2n) is 5.65. The monoisotopic (exact) mass is 358 g/mol. The van der Waals surface area contributed by atoms with Crippen molar-refractivity contribution in [3.05, 3.63) is 21.0 Å². The molecule has 1 atom stereocenters. The van der Waals surface area contributed by atoms with Gasteiger partial charge in [0.2, 0.25) is 0 Å². The number of hydrogen-bond donors (Lipinski definition) is 1. The average molecular weight is 359 g/mol. The van der Waals surface area contributed by atoms with Crippen molar-refractivity contribution in [2.75, 3.05) is 45.7 Å². The van der Waals surface area contributed by atoms with Crippen molar-refractivity contribution in [1.29, 1.82) is 0 Å². The molecule has 118 valence electrons. The van der Waals surface area contributed by atoms with Crippen LogP contribution in [0.15, 0.2) is 15.5 Å². The molecular weight excluding hydrogens is 336 g/mol. The molecule has 6 nitrogen and oxygen atoms in total. The Kier molecular flexibility index (Phi) is 6.20. The lowest BCUT2D eigenvalue weighted by molar-refractivity contribution is 0.185. The van der Waals surface area contributed by atoms with E-state index in [-0.39, 0.29) is 5.56 Å². The summed E-state index contributed by atoms with van der Waals surface area (Å²) in [6.45, 7) is 3.93. The molecule has 2 rings (SSSR count). The van der Waals surface area contributed by atoms with Gasteiger partial charge in [0.15, 0.2) is 0 Å². The van der Waals surface area contributed by atoms with E-state index in [0.717, 1.165) is 44.8 Å². The van der Waals surface area contributed by atoms with Crippen molar-refractivity contribution in [3.8, 4) is 0 Å². The van der Waals surface area contributed by atoms with Gasteiger partial charge in [0.25, 0.3) is 5.56 Å². The van der Waals surface area contributed by atoms with Crippen LogP contribution in [0.3, 0.4) is 0 Å². The summed E-state index contributed by atoms with van der Waals surface area (Å²) < 4.78 is 7.40. The minimum atomic E-state index is -0.0916. The molecule has 1 aromatic heterocycles. The zero-order valence-electron chi connectivity index (χ0n) is 12.6. The smallest absolute Gasteiger partial charge is 0.283 e. The molecule has 21 heavy (non-hydrogen) atoms. The molecule has 0 saturated carbocycles. The van der Waals surface area contributed by atoms with Crippen LogP contribution >= 0.6 is 15.9 Å². The molecule has 0 aromatic carbocycles. The molecule has 1 saturated heterocycles. The normalized spacial score (nSPS) is 18.4. The number of ether oxygens (including phenoxy) is 1. The lowest BCUT2D eigenvalue weighted by Gasteiger charge is -2.13. The summed E-state index contributed by atoms with van der Waals surface area (Å²) in [6, 6.07) is 0. The predicted octanol–water partition coefficient (Wildman–Crippen LogP) is 1.41. The maximum absolute atomic E-state index is 12.2. The van der Waals surface area contributed by atoms with E-state index in [9.17, 15) is 4.79 Å². The topological polar surface area (TPSA) is 59.4 Å². The minimum Gasteiger partial charge on any atom is -0.383 e. The Hall–Kier alpha value is -0.920. The summed E-state index contributed by atoms with van der Waals surface area (Å²) in [5, 5.41) is 7.51. The van der Waals surface area contributed by atoms with Crippen LogP contribution in [0.2, 0.25) is 0 Å². The Balaban J connectivity index is 1.91. The van der Waals surface area contributed by atoms with Crippen LogP contribution in [0.4, 0.5) is 5.69 Å². The Bertz CT molecular complexity index is 512. The summed E-state index contributed by atoms with van der Waals surface area (Å²) in [4.78, 5) is 14.2. The van der Waals surface area contributed by atoms with Crippen molar-refractivity contribution < 1.29 is 4.74 Å². The van der Waals surface area contributed by atoms with Gasteiger partial charge in [0.05, 0.1) is 18.4 Å². The summed E-state index contributed by atoms with van der Waals surface area (Å²) in [5.74, 6) is 0.629. The van der Waals surface area contributed by atoms with E-state index in [1.54, 1.807) is 6.20 Å². The van der Waals surface area contributed by atoms with E-state index in [0.29, 0.717) is 16.9 Å². The molecule has 1 aliphatic rings. The molecule has 0 bridgehead atoms. The highest BCUT2D eigenvalue weighted by Gasteiger charge is 2.15. The maximum atomic E-state index is 12.2. The van der Waals surface area contributed by atoms with Gasteiger partial charge in [-0.05, 0) is 48.8 Å². The van der Waals surface area contributed by atoms with Crippen molar-refractivity contribution in [3.63, 3.8) is 0 Å². The highest BCUT2D eigenvalue weighted by atomic mass is 79.9.